The Morgan fingerprint density at radius 2 is 2.23 bits per heavy atom. The average molecular weight is 241 g/mol. The Balaban J connectivity index is 2.10. The maximum absolute atomic E-state index is 5.16. The van der Waals surface area contributed by atoms with Crippen LogP contribution < -0.4 is 0 Å². The van der Waals surface area contributed by atoms with Gasteiger partial charge in [-0.15, -0.1) is 0 Å². The van der Waals surface area contributed by atoms with Crippen LogP contribution in [0.5, 0.6) is 0 Å². The first-order valence-electron chi connectivity index (χ1n) is 4.58. The lowest BCUT2D eigenvalue weighted by Gasteiger charge is -2.26. The first-order valence-corrected chi connectivity index (χ1v) is 5.38. The van der Waals surface area contributed by atoms with E-state index in [1.54, 1.807) is 0 Å². The summed E-state index contributed by atoms with van der Waals surface area (Å²) in [5.74, 6) is 0.735. The maximum atomic E-state index is 5.16. The second kappa shape index (κ2) is 3.81. The summed E-state index contributed by atoms with van der Waals surface area (Å²) < 4.78 is 6.39. The quantitative estimate of drug-likeness (QED) is 0.773. The maximum Gasteiger partial charge on any atom is 0.0519 e. The molecule has 0 saturated carbocycles. The van der Waals surface area contributed by atoms with Crippen LogP contribution >= 0.6 is 15.9 Å². The molecule has 0 radical (unpaired) electrons. The van der Waals surface area contributed by atoms with Crippen molar-refractivity contribution in [1.82, 2.24) is 0 Å². The summed E-state index contributed by atoms with van der Waals surface area (Å²) in [6.07, 6.45) is 1.14. The molecule has 0 amide bonds. The van der Waals surface area contributed by atoms with Crippen molar-refractivity contribution in [2.75, 3.05) is 13.2 Å². The standard InChI is InChI=1S/C11H13BrO/c1-8-2-3-10(11(12)4-8)5-9-6-13-7-9/h2-4,9H,5-7H2,1H3. The summed E-state index contributed by atoms with van der Waals surface area (Å²) >= 11 is 3.59. The normalized spacial score (nSPS) is 17.1. The molecule has 2 heteroatoms. The SMILES string of the molecule is Cc1ccc(CC2COC2)c(Br)c1. The molecule has 1 saturated heterocycles. The van der Waals surface area contributed by atoms with Crippen LogP contribution in [0, 0.1) is 12.8 Å². The predicted octanol–water partition coefficient (Wildman–Crippen LogP) is 2.95. The molecule has 0 unspecified atom stereocenters. The summed E-state index contributed by atoms with van der Waals surface area (Å²) in [5.41, 5.74) is 2.71. The fraction of sp³-hybridized carbons (Fsp3) is 0.455. The Hall–Kier alpha value is -0.340. The largest absolute Gasteiger partial charge is 0.381 e. The lowest BCUT2D eigenvalue weighted by atomic mass is 9.97. The van der Waals surface area contributed by atoms with Gasteiger partial charge in [-0.05, 0) is 30.5 Å². The number of halogens is 1. The summed E-state index contributed by atoms with van der Waals surface area (Å²) in [7, 11) is 0. The molecule has 0 atom stereocenters. The molecular formula is C11H13BrO. The van der Waals surface area contributed by atoms with Crippen molar-refractivity contribution in [1.29, 1.82) is 0 Å². The summed E-state index contributed by atoms with van der Waals surface area (Å²) in [4.78, 5) is 0. The Morgan fingerprint density at radius 3 is 2.77 bits per heavy atom. The van der Waals surface area contributed by atoms with Gasteiger partial charge in [0, 0.05) is 10.4 Å². The van der Waals surface area contributed by atoms with E-state index in [0.717, 1.165) is 25.6 Å². The molecule has 13 heavy (non-hydrogen) atoms. The molecule has 1 fully saturated rings. The first-order chi connectivity index (χ1) is 6.25. The summed E-state index contributed by atoms with van der Waals surface area (Å²) in [6.45, 7) is 3.97. The molecule has 1 aromatic rings. The predicted molar refractivity (Wildman–Crippen MR) is 56.9 cm³/mol. The molecular weight excluding hydrogens is 228 g/mol. The molecule has 1 nitrogen and oxygen atoms in total. The van der Waals surface area contributed by atoms with E-state index in [9.17, 15) is 0 Å². The number of aryl methyl sites for hydroxylation is 1. The molecule has 1 aliphatic heterocycles. The van der Waals surface area contributed by atoms with Crippen molar-refractivity contribution < 1.29 is 4.74 Å². The van der Waals surface area contributed by atoms with Crippen molar-refractivity contribution in [3.05, 3.63) is 33.8 Å². The zero-order valence-electron chi connectivity index (χ0n) is 7.72. The molecule has 1 heterocycles. The molecule has 1 aromatic carbocycles. The highest BCUT2D eigenvalue weighted by atomic mass is 79.9. The fourth-order valence-corrected chi connectivity index (χ4v) is 2.19. The van der Waals surface area contributed by atoms with Gasteiger partial charge < -0.3 is 4.74 Å². The zero-order chi connectivity index (χ0) is 9.26. The Morgan fingerprint density at radius 1 is 1.46 bits per heavy atom. The van der Waals surface area contributed by atoms with Crippen LogP contribution in [-0.4, -0.2) is 13.2 Å². The number of ether oxygens (including phenoxy) is 1. The third kappa shape index (κ3) is 2.12. The van der Waals surface area contributed by atoms with Gasteiger partial charge in [0.2, 0.25) is 0 Å². The number of hydrogen-bond acceptors (Lipinski definition) is 1. The van der Waals surface area contributed by atoms with E-state index < -0.39 is 0 Å². The van der Waals surface area contributed by atoms with E-state index in [-0.39, 0.29) is 0 Å². The van der Waals surface area contributed by atoms with Gasteiger partial charge >= 0.3 is 0 Å². The van der Waals surface area contributed by atoms with E-state index in [4.69, 9.17) is 4.74 Å². The smallest absolute Gasteiger partial charge is 0.0519 e. The number of rotatable bonds is 2. The molecule has 0 bridgehead atoms. The molecule has 1 aliphatic rings. The van der Waals surface area contributed by atoms with Gasteiger partial charge in [-0.2, -0.15) is 0 Å². The minimum atomic E-state index is 0.735. The zero-order valence-corrected chi connectivity index (χ0v) is 9.30. The molecule has 0 aliphatic carbocycles. The van der Waals surface area contributed by atoms with Gasteiger partial charge in [0.1, 0.15) is 0 Å². The third-order valence-corrected chi connectivity index (χ3v) is 3.16. The fourth-order valence-electron chi connectivity index (χ4n) is 1.53. The second-order valence-corrected chi connectivity index (χ2v) is 4.56. The Kier molecular flexibility index (Phi) is 2.70. The molecule has 0 aromatic heterocycles. The summed E-state index contributed by atoms with van der Waals surface area (Å²) in [5, 5.41) is 0. The van der Waals surface area contributed by atoms with Crippen LogP contribution in [0.3, 0.4) is 0 Å². The summed E-state index contributed by atoms with van der Waals surface area (Å²) in [6, 6.07) is 6.55. The molecule has 70 valence electrons. The third-order valence-electron chi connectivity index (χ3n) is 2.42. The van der Waals surface area contributed by atoms with Gasteiger partial charge in [0.15, 0.2) is 0 Å². The topological polar surface area (TPSA) is 9.23 Å². The van der Waals surface area contributed by atoms with E-state index in [0.29, 0.717) is 0 Å². The van der Waals surface area contributed by atoms with E-state index >= 15 is 0 Å². The van der Waals surface area contributed by atoms with Crippen LogP contribution in [0.25, 0.3) is 0 Å². The number of benzene rings is 1. The molecule has 0 N–H and O–H groups in total. The van der Waals surface area contributed by atoms with Gasteiger partial charge in [-0.25, -0.2) is 0 Å². The van der Waals surface area contributed by atoms with Crippen molar-refractivity contribution in [2.45, 2.75) is 13.3 Å². The minimum Gasteiger partial charge on any atom is -0.381 e. The highest BCUT2D eigenvalue weighted by Crippen LogP contribution is 2.24. The van der Waals surface area contributed by atoms with Crippen LogP contribution in [0.1, 0.15) is 11.1 Å². The van der Waals surface area contributed by atoms with E-state index in [1.807, 2.05) is 0 Å². The second-order valence-electron chi connectivity index (χ2n) is 3.70. The van der Waals surface area contributed by atoms with Crippen LogP contribution in [0.15, 0.2) is 22.7 Å². The van der Waals surface area contributed by atoms with Crippen LogP contribution in [0.2, 0.25) is 0 Å². The minimum absolute atomic E-state index is 0.735. The first kappa shape index (κ1) is 9.22. The lowest BCUT2D eigenvalue weighted by Crippen LogP contribution is -2.29. The highest BCUT2D eigenvalue weighted by molar-refractivity contribution is 9.10. The Labute approximate surface area is 87.2 Å². The van der Waals surface area contributed by atoms with E-state index in [2.05, 4.69) is 41.1 Å². The monoisotopic (exact) mass is 240 g/mol. The van der Waals surface area contributed by atoms with Gasteiger partial charge in [0.25, 0.3) is 0 Å². The number of hydrogen-bond donors (Lipinski definition) is 0. The lowest BCUT2D eigenvalue weighted by molar-refractivity contribution is -0.0313. The molecule has 0 spiro atoms. The molecule has 2 rings (SSSR count). The van der Waals surface area contributed by atoms with Crippen molar-refractivity contribution in [2.24, 2.45) is 5.92 Å². The van der Waals surface area contributed by atoms with Gasteiger partial charge in [-0.3, -0.25) is 0 Å². The van der Waals surface area contributed by atoms with Crippen LogP contribution in [0.4, 0.5) is 0 Å². The van der Waals surface area contributed by atoms with Crippen molar-refractivity contribution in [3.8, 4) is 0 Å². The average Bonchev–Trinajstić information content (AvgIpc) is 1.99. The van der Waals surface area contributed by atoms with E-state index in [1.165, 1.54) is 15.6 Å². The highest BCUT2D eigenvalue weighted by Gasteiger charge is 2.19. The van der Waals surface area contributed by atoms with Crippen molar-refractivity contribution in [3.63, 3.8) is 0 Å². The van der Waals surface area contributed by atoms with Gasteiger partial charge in [0.05, 0.1) is 13.2 Å². The van der Waals surface area contributed by atoms with Gasteiger partial charge in [-0.1, -0.05) is 28.1 Å². The Bertz CT molecular complexity index is 305. The van der Waals surface area contributed by atoms with Crippen LogP contribution in [-0.2, 0) is 11.2 Å². The van der Waals surface area contributed by atoms with Crippen molar-refractivity contribution >= 4 is 15.9 Å².